The summed E-state index contributed by atoms with van der Waals surface area (Å²) in [6.45, 7) is 0. The summed E-state index contributed by atoms with van der Waals surface area (Å²) in [5, 5.41) is 7.30. The van der Waals surface area contributed by atoms with Crippen molar-refractivity contribution in [3.63, 3.8) is 0 Å². The van der Waals surface area contributed by atoms with Crippen molar-refractivity contribution in [3.05, 3.63) is 35.4 Å². The van der Waals surface area contributed by atoms with Crippen molar-refractivity contribution in [1.82, 2.24) is 0 Å². The van der Waals surface area contributed by atoms with Gasteiger partial charge >= 0.3 is 0 Å². The molecule has 0 saturated carbocycles. The van der Waals surface area contributed by atoms with Gasteiger partial charge in [-0.1, -0.05) is 34.6 Å². The highest BCUT2D eigenvalue weighted by atomic mass is 16.6. The molecular weight excluding hydrogens is 180 g/mol. The van der Waals surface area contributed by atoms with Crippen molar-refractivity contribution < 1.29 is 9.68 Å². The minimum Gasteiger partial charge on any atom is -0.399 e. The molecule has 1 aromatic carbocycles. The van der Waals surface area contributed by atoms with Crippen LogP contribution in [-0.2, 0) is 9.68 Å². The third-order valence-corrected chi connectivity index (χ3v) is 1.55. The van der Waals surface area contributed by atoms with Gasteiger partial charge in [0.15, 0.2) is 0 Å². The number of hydrogen-bond donors (Lipinski definition) is 0. The van der Waals surface area contributed by atoms with Crippen LogP contribution in [0.2, 0.25) is 0 Å². The molecule has 0 saturated heterocycles. The lowest BCUT2D eigenvalue weighted by molar-refractivity contribution is 0.215. The SMILES string of the molecule is CO/N=C\c1ccc(/C=N/OC)cc1. The van der Waals surface area contributed by atoms with Crippen molar-refractivity contribution in [2.24, 2.45) is 10.3 Å². The van der Waals surface area contributed by atoms with Gasteiger partial charge < -0.3 is 9.68 Å². The maximum absolute atomic E-state index is 4.56. The van der Waals surface area contributed by atoms with Gasteiger partial charge in [0.25, 0.3) is 0 Å². The number of oxime groups is 2. The minimum atomic E-state index is 0.974. The molecule has 0 aliphatic rings. The first-order valence-electron chi connectivity index (χ1n) is 4.10. The summed E-state index contributed by atoms with van der Waals surface area (Å²) in [6.07, 6.45) is 3.27. The fourth-order valence-electron chi connectivity index (χ4n) is 0.895. The van der Waals surface area contributed by atoms with E-state index in [9.17, 15) is 0 Å². The van der Waals surface area contributed by atoms with Crippen LogP contribution in [0.5, 0.6) is 0 Å². The van der Waals surface area contributed by atoms with E-state index in [2.05, 4.69) is 20.0 Å². The zero-order valence-electron chi connectivity index (χ0n) is 8.18. The van der Waals surface area contributed by atoms with Gasteiger partial charge in [0.2, 0.25) is 0 Å². The second-order valence-corrected chi connectivity index (χ2v) is 2.50. The third kappa shape index (κ3) is 3.26. The fourth-order valence-corrected chi connectivity index (χ4v) is 0.895. The molecule has 0 bridgehead atoms. The molecule has 0 amide bonds. The molecule has 1 rings (SSSR count). The number of rotatable bonds is 4. The third-order valence-electron chi connectivity index (χ3n) is 1.55. The molecule has 0 aromatic heterocycles. The molecule has 4 nitrogen and oxygen atoms in total. The van der Waals surface area contributed by atoms with Crippen molar-refractivity contribution in [2.75, 3.05) is 14.2 Å². The quantitative estimate of drug-likeness (QED) is 0.537. The van der Waals surface area contributed by atoms with Crippen LogP contribution in [0.15, 0.2) is 34.6 Å². The summed E-state index contributed by atoms with van der Waals surface area (Å²) in [5.74, 6) is 0. The van der Waals surface area contributed by atoms with E-state index < -0.39 is 0 Å². The van der Waals surface area contributed by atoms with Gasteiger partial charge in [-0.2, -0.15) is 0 Å². The normalized spacial score (nSPS) is 11.0. The summed E-state index contributed by atoms with van der Waals surface area (Å²) < 4.78 is 0. The molecule has 0 heterocycles. The molecule has 0 unspecified atom stereocenters. The van der Waals surface area contributed by atoms with Crippen molar-refractivity contribution in [1.29, 1.82) is 0 Å². The van der Waals surface area contributed by atoms with Gasteiger partial charge in [0, 0.05) is 0 Å². The Labute approximate surface area is 82.8 Å². The molecule has 0 N–H and O–H groups in total. The maximum Gasteiger partial charge on any atom is 0.106 e. The summed E-state index contributed by atoms with van der Waals surface area (Å²) in [5.41, 5.74) is 1.95. The minimum absolute atomic E-state index is 0.974. The lowest BCUT2D eigenvalue weighted by Crippen LogP contribution is -1.85. The molecule has 4 heteroatoms. The number of hydrogen-bond acceptors (Lipinski definition) is 4. The average Bonchev–Trinajstić information content (AvgIpc) is 2.25. The van der Waals surface area contributed by atoms with E-state index in [4.69, 9.17) is 0 Å². The first-order valence-corrected chi connectivity index (χ1v) is 4.10. The van der Waals surface area contributed by atoms with Gasteiger partial charge in [0.1, 0.15) is 14.2 Å². The van der Waals surface area contributed by atoms with Crippen LogP contribution in [0.1, 0.15) is 11.1 Å². The molecule has 74 valence electrons. The average molecular weight is 192 g/mol. The van der Waals surface area contributed by atoms with Crippen LogP contribution in [0, 0.1) is 0 Å². The predicted octanol–water partition coefficient (Wildman–Crippen LogP) is 1.65. The summed E-state index contributed by atoms with van der Waals surface area (Å²) in [7, 11) is 3.02. The first kappa shape index (κ1) is 10.2. The highest BCUT2D eigenvalue weighted by molar-refractivity contribution is 5.83. The topological polar surface area (TPSA) is 43.2 Å². The predicted molar refractivity (Wildman–Crippen MR) is 55.6 cm³/mol. The number of benzene rings is 1. The molecule has 0 aliphatic carbocycles. The van der Waals surface area contributed by atoms with E-state index in [1.165, 1.54) is 14.2 Å². The molecule has 1 aromatic rings. The fraction of sp³-hybridized carbons (Fsp3) is 0.200. The Bertz CT molecular complexity index is 284. The second-order valence-electron chi connectivity index (χ2n) is 2.50. The summed E-state index contributed by atoms with van der Waals surface area (Å²) >= 11 is 0. The van der Waals surface area contributed by atoms with Crippen LogP contribution < -0.4 is 0 Å². The van der Waals surface area contributed by atoms with Gasteiger partial charge in [-0.15, -0.1) is 0 Å². The smallest absolute Gasteiger partial charge is 0.106 e. The Hall–Kier alpha value is -1.84. The van der Waals surface area contributed by atoms with Crippen LogP contribution in [0.3, 0.4) is 0 Å². The van der Waals surface area contributed by atoms with Crippen molar-refractivity contribution in [3.8, 4) is 0 Å². The summed E-state index contributed by atoms with van der Waals surface area (Å²) in [6, 6.07) is 7.66. The van der Waals surface area contributed by atoms with E-state index in [0.29, 0.717) is 0 Å². The highest BCUT2D eigenvalue weighted by Gasteiger charge is 1.89. The molecule has 0 radical (unpaired) electrons. The van der Waals surface area contributed by atoms with E-state index in [0.717, 1.165) is 11.1 Å². The monoisotopic (exact) mass is 192 g/mol. The lowest BCUT2D eigenvalue weighted by atomic mass is 10.2. The Kier molecular flexibility index (Phi) is 4.20. The maximum atomic E-state index is 4.56. The van der Waals surface area contributed by atoms with E-state index >= 15 is 0 Å². The van der Waals surface area contributed by atoms with Gasteiger partial charge in [-0.3, -0.25) is 0 Å². The van der Waals surface area contributed by atoms with Gasteiger partial charge in [-0.05, 0) is 11.1 Å². The standard InChI is InChI=1S/C10H12N2O2/c1-13-11-7-9-3-5-10(6-4-9)8-12-14-2/h3-8H,1-2H3/b11-7-,12-8+. The Morgan fingerprint density at radius 2 is 1.21 bits per heavy atom. The molecule has 0 fully saturated rings. The van der Waals surface area contributed by atoms with Crippen molar-refractivity contribution in [2.45, 2.75) is 0 Å². The van der Waals surface area contributed by atoms with Gasteiger partial charge in [0.05, 0.1) is 12.4 Å². The second kappa shape index (κ2) is 5.75. The molecule has 0 aliphatic heterocycles. The lowest BCUT2D eigenvalue weighted by Gasteiger charge is -1.94. The van der Waals surface area contributed by atoms with Crippen LogP contribution in [-0.4, -0.2) is 26.6 Å². The zero-order valence-corrected chi connectivity index (χ0v) is 8.18. The van der Waals surface area contributed by atoms with Crippen LogP contribution in [0.25, 0.3) is 0 Å². The van der Waals surface area contributed by atoms with E-state index in [-0.39, 0.29) is 0 Å². The Morgan fingerprint density at radius 1 is 0.857 bits per heavy atom. The molecule has 0 atom stereocenters. The van der Waals surface area contributed by atoms with Crippen LogP contribution >= 0.6 is 0 Å². The van der Waals surface area contributed by atoms with Crippen molar-refractivity contribution >= 4 is 12.4 Å². The zero-order chi connectivity index (χ0) is 10.2. The largest absolute Gasteiger partial charge is 0.399 e. The highest BCUT2D eigenvalue weighted by Crippen LogP contribution is 2.00. The Balaban J connectivity index is 2.68. The first-order chi connectivity index (χ1) is 6.86. The molecular formula is C10H12N2O2. The van der Waals surface area contributed by atoms with E-state index in [1.54, 1.807) is 12.4 Å². The van der Waals surface area contributed by atoms with E-state index in [1.807, 2.05) is 24.3 Å². The summed E-state index contributed by atoms with van der Waals surface area (Å²) in [4.78, 5) is 9.13. The van der Waals surface area contributed by atoms with Crippen LogP contribution in [0.4, 0.5) is 0 Å². The van der Waals surface area contributed by atoms with Gasteiger partial charge in [-0.25, -0.2) is 0 Å². The molecule has 14 heavy (non-hydrogen) atoms. The Morgan fingerprint density at radius 3 is 1.50 bits per heavy atom. The number of nitrogens with zero attached hydrogens (tertiary/aromatic N) is 2. The molecule has 0 spiro atoms.